The maximum Gasteiger partial charge on any atom is 0.262 e. The molecule has 0 spiro atoms. The summed E-state index contributed by atoms with van der Waals surface area (Å²) in [6.07, 6.45) is 3.59. The predicted molar refractivity (Wildman–Crippen MR) is 112 cm³/mol. The van der Waals surface area contributed by atoms with Crippen LogP contribution in [0, 0.1) is 0 Å². The van der Waals surface area contributed by atoms with E-state index in [4.69, 9.17) is 4.74 Å². The van der Waals surface area contributed by atoms with Gasteiger partial charge in [-0.1, -0.05) is 0 Å². The van der Waals surface area contributed by atoms with Crippen molar-refractivity contribution in [3.8, 4) is 5.75 Å². The summed E-state index contributed by atoms with van der Waals surface area (Å²) in [7, 11) is -1.83. The van der Waals surface area contributed by atoms with E-state index in [1.165, 1.54) is 29.9 Å². The molecule has 8 heteroatoms. The average molecular weight is 404 g/mol. The maximum absolute atomic E-state index is 12.1. The van der Waals surface area contributed by atoms with Crippen molar-refractivity contribution in [2.75, 3.05) is 47.5 Å². The van der Waals surface area contributed by atoms with Crippen LogP contribution >= 0.6 is 0 Å². The molecule has 3 rings (SSSR count). The topological polar surface area (TPSA) is 79.0 Å². The average Bonchev–Trinajstić information content (AvgIpc) is 3.21. The molecular weight excluding hydrogens is 378 g/mol. The molecule has 1 aliphatic heterocycles. The molecule has 0 aliphatic carbocycles. The lowest BCUT2D eigenvalue weighted by molar-refractivity contribution is -0.118. The molecule has 28 heavy (non-hydrogen) atoms. The van der Waals surface area contributed by atoms with E-state index < -0.39 is 10.0 Å². The molecular formula is C20H25N3O4S. The number of hydrogen-bond donors (Lipinski definition) is 1. The summed E-state index contributed by atoms with van der Waals surface area (Å²) in [5.41, 5.74) is 2.42. The Morgan fingerprint density at radius 1 is 1.07 bits per heavy atom. The van der Waals surface area contributed by atoms with Gasteiger partial charge in [0.15, 0.2) is 6.61 Å². The van der Waals surface area contributed by atoms with Gasteiger partial charge in [0.1, 0.15) is 5.75 Å². The summed E-state index contributed by atoms with van der Waals surface area (Å²) in [4.78, 5) is 14.4. The summed E-state index contributed by atoms with van der Waals surface area (Å²) < 4.78 is 29.7. The standard InChI is InChI=1S/C20H25N3O4S/c1-22(28(2,25)26)17-9-11-19(12-10-17)27-15-20(24)21-16-5-7-18(8-6-16)23-13-3-4-14-23/h5-12H,3-4,13-15H2,1-2H3,(H,21,24). The highest BCUT2D eigenvalue weighted by Gasteiger charge is 2.13. The van der Waals surface area contributed by atoms with Crippen molar-refractivity contribution in [3.05, 3.63) is 48.5 Å². The summed E-state index contributed by atoms with van der Waals surface area (Å²) in [5, 5.41) is 2.81. The predicted octanol–water partition coefficient (Wildman–Crippen LogP) is 2.70. The molecule has 2 aromatic rings. The van der Waals surface area contributed by atoms with Gasteiger partial charge in [-0.25, -0.2) is 8.42 Å². The van der Waals surface area contributed by atoms with Gasteiger partial charge in [-0.2, -0.15) is 0 Å². The lowest BCUT2D eigenvalue weighted by atomic mass is 10.2. The molecule has 0 unspecified atom stereocenters. The number of ether oxygens (including phenoxy) is 1. The third-order valence-electron chi connectivity index (χ3n) is 4.69. The highest BCUT2D eigenvalue weighted by Crippen LogP contribution is 2.22. The molecule has 7 nitrogen and oxygen atoms in total. The molecule has 0 atom stereocenters. The molecule has 1 saturated heterocycles. The lowest BCUT2D eigenvalue weighted by Crippen LogP contribution is -2.24. The summed E-state index contributed by atoms with van der Waals surface area (Å²) >= 11 is 0. The van der Waals surface area contributed by atoms with E-state index in [2.05, 4.69) is 10.2 Å². The SMILES string of the molecule is CN(c1ccc(OCC(=O)Nc2ccc(N3CCCC3)cc2)cc1)S(C)(=O)=O. The first-order valence-electron chi connectivity index (χ1n) is 9.14. The van der Waals surface area contributed by atoms with Crippen molar-refractivity contribution < 1.29 is 17.9 Å². The highest BCUT2D eigenvalue weighted by molar-refractivity contribution is 7.92. The van der Waals surface area contributed by atoms with Gasteiger partial charge in [0.2, 0.25) is 10.0 Å². The molecule has 0 saturated carbocycles. The molecule has 0 radical (unpaired) electrons. The number of carbonyl (C=O) groups is 1. The fourth-order valence-corrected chi connectivity index (χ4v) is 3.53. The molecule has 2 aromatic carbocycles. The van der Waals surface area contributed by atoms with Crippen LogP contribution in [0.1, 0.15) is 12.8 Å². The Bertz CT molecular complexity index is 905. The highest BCUT2D eigenvalue weighted by atomic mass is 32.2. The van der Waals surface area contributed by atoms with Gasteiger partial charge < -0.3 is 15.0 Å². The summed E-state index contributed by atoms with van der Waals surface area (Å²) in [5.74, 6) is 0.233. The zero-order valence-electron chi connectivity index (χ0n) is 16.1. The van der Waals surface area contributed by atoms with E-state index >= 15 is 0 Å². The third-order valence-corrected chi connectivity index (χ3v) is 5.90. The van der Waals surface area contributed by atoms with Crippen LogP contribution in [0.3, 0.4) is 0 Å². The van der Waals surface area contributed by atoms with Crippen molar-refractivity contribution in [1.29, 1.82) is 0 Å². The number of nitrogens with one attached hydrogen (secondary N) is 1. The Kier molecular flexibility index (Phi) is 6.08. The molecule has 150 valence electrons. The van der Waals surface area contributed by atoms with E-state index in [1.54, 1.807) is 24.3 Å². The Morgan fingerprint density at radius 3 is 2.25 bits per heavy atom. The van der Waals surface area contributed by atoms with Crippen LogP contribution in [0.15, 0.2) is 48.5 Å². The number of amides is 1. The van der Waals surface area contributed by atoms with Crippen molar-refractivity contribution in [1.82, 2.24) is 0 Å². The van der Waals surface area contributed by atoms with Crippen LogP contribution in [0.5, 0.6) is 5.75 Å². The summed E-state index contributed by atoms with van der Waals surface area (Å²) in [6, 6.07) is 14.3. The van der Waals surface area contributed by atoms with Crippen LogP contribution < -0.4 is 19.3 Å². The smallest absolute Gasteiger partial charge is 0.262 e. The van der Waals surface area contributed by atoms with Gasteiger partial charge in [-0.05, 0) is 61.4 Å². The van der Waals surface area contributed by atoms with E-state index in [0.29, 0.717) is 11.4 Å². The number of carbonyl (C=O) groups excluding carboxylic acids is 1. The maximum atomic E-state index is 12.1. The largest absolute Gasteiger partial charge is 0.484 e. The molecule has 0 bridgehead atoms. The van der Waals surface area contributed by atoms with Crippen molar-refractivity contribution >= 4 is 33.0 Å². The fourth-order valence-electron chi connectivity index (χ4n) is 3.02. The van der Waals surface area contributed by atoms with Crippen LogP contribution in [0.25, 0.3) is 0 Å². The van der Waals surface area contributed by atoms with Crippen molar-refractivity contribution in [2.24, 2.45) is 0 Å². The van der Waals surface area contributed by atoms with Gasteiger partial charge in [-0.15, -0.1) is 0 Å². The molecule has 1 heterocycles. The number of rotatable bonds is 7. The minimum absolute atomic E-state index is 0.130. The second-order valence-electron chi connectivity index (χ2n) is 6.80. The lowest BCUT2D eigenvalue weighted by Gasteiger charge is -2.18. The number of hydrogen-bond acceptors (Lipinski definition) is 5. The first-order chi connectivity index (χ1) is 13.3. The van der Waals surface area contributed by atoms with Crippen LogP contribution in [0.4, 0.5) is 17.1 Å². The van der Waals surface area contributed by atoms with E-state index in [1.807, 2.05) is 24.3 Å². The first-order valence-corrected chi connectivity index (χ1v) is 11.0. The Morgan fingerprint density at radius 2 is 1.68 bits per heavy atom. The third kappa shape index (κ3) is 5.16. The van der Waals surface area contributed by atoms with Crippen molar-refractivity contribution in [3.63, 3.8) is 0 Å². The quantitative estimate of drug-likeness (QED) is 0.769. The van der Waals surface area contributed by atoms with Gasteiger partial charge in [0.05, 0.1) is 11.9 Å². The zero-order valence-corrected chi connectivity index (χ0v) is 16.9. The zero-order chi connectivity index (χ0) is 20.1. The van der Waals surface area contributed by atoms with Gasteiger partial charge in [0, 0.05) is 31.5 Å². The van der Waals surface area contributed by atoms with E-state index in [-0.39, 0.29) is 12.5 Å². The molecule has 1 fully saturated rings. The summed E-state index contributed by atoms with van der Waals surface area (Å²) in [6.45, 7) is 2.03. The molecule has 1 N–H and O–H groups in total. The van der Waals surface area contributed by atoms with Gasteiger partial charge in [0.25, 0.3) is 5.91 Å². The Labute approximate surface area is 166 Å². The second kappa shape index (κ2) is 8.52. The van der Waals surface area contributed by atoms with E-state index in [0.717, 1.165) is 25.0 Å². The number of sulfonamides is 1. The molecule has 1 aliphatic rings. The van der Waals surface area contributed by atoms with Crippen LogP contribution in [-0.4, -0.2) is 47.3 Å². The van der Waals surface area contributed by atoms with E-state index in [9.17, 15) is 13.2 Å². The van der Waals surface area contributed by atoms with Crippen LogP contribution in [-0.2, 0) is 14.8 Å². The Hall–Kier alpha value is -2.74. The minimum atomic E-state index is -3.31. The number of benzene rings is 2. The number of anilines is 3. The first kappa shape index (κ1) is 20.0. The Balaban J connectivity index is 1.50. The van der Waals surface area contributed by atoms with Crippen molar-refractivity contribution in [2.45, 2.75) is 12.8 Å². The monoisotopic (exact) mass is 403 g/mol. The van der Waals surface area contributed by atoms with Crippen LogP contribution in [0.2, 0.25) is 0 Å². The second-order valence-corrected chi connectivity index (χ2v) is 8.82. The number of nitrogens with zero attached hydrogens (tertiary/aromatic N) is 2. The van der Waals surface area contributed by atoms with Gasteiger partial charge >= 0.3 is 0 Å². The van der Waals surface area contributed by atoms with Gasteiger partial charge in [-0.3, -0.25) is 9.10 Å². The minimum Gasteiger partial charge on any atom is -0.484 e. The molecule has 1 amide bonds. The molecule has 0 aromatic heterocycles. The fraction of sp³-hybridized carbons (Fsp3) is 0.350. The normalized spacial score (nSPS) is 14.0.